The Hall–Kier alpha value is -1.88. The Morgan fingerprint density at radius 2 is 1.95 bits per heavy atom. The minimum absolute atomic E-state index is 0.0874. The zero-order valence-electron chi connectivity index (χ0n) is 12.8. The Morgan fingerprint density at radius 1 is 1.14 bits per heavy atom. The summed E-state index contributed by atoms with van der Waals surface area (Å²) in [6.45, 7) is 3.63. The standard InChI is InChI=1S/C17H23N3O2/c21-16-13-20(11-5-10-19-9-4-8-17(19)22)15(12-18-16)14-6-2-1-3-7-14/h1-3,6-7,15H,4-5,8-13H2,(H,18,21). The predicted octanol–water partition coefficient (Wildman–Crippen LogP) is 1.17. The van der Waals surface area contributed by atoms with Crippen LogP contribution in [0.2, 0.25) is 0 Å². The second-order valence-corrected chi connectivity index (χ2v) is 6.04. The third-order valence-electron chi connectivity index (χ3n) is 4.51. The summed E-state index contributed by atoms with van der Waals surface area (Å²) in [5.74, 6) is 0.362. The molecule has 3 rings (SSSR count). The number of nitrogens with zero attached hydrogens (tertiary/aromatic N) is 2. The van der Waals surface area contributed by atoms with Gasteiger partial charge in [0.05, 0.1) is 12.6 Å². The molecule has 1 N–H and O–H groups in total. The van der Waals surface area contributed by atoms with E-state index in [1.165, 1.54) is 5.56 Å². The number of nitrogens with one attached hydrogen (secondary N) is 1. The highest BCUT2D eigenvalue weighted by Crippen LogP contribution is 2.22. The van der Waals surface area contributed by atoms with Crippen LogP contribution in [0.3, 0.4) is 0 Å². The van der Waals surface area contributed by atoms with Crippen LogP contribution in [0.1, 0.15) is 30.9 Å². The molecule has 2 aliphatic rings. The van der Waals surface area contributed by atoms with E-state index in [-0.39, 0.29) is 17.9 Å². The lowest BCUT2D eigenvalue weighted by atomic mass is 10.0. The summed E-state index contributed by atoms with van der Waals surface area (Å²) in [6.07, 6.45) is 2.60. The van der Waals surface area contributed by atoms with Gasteiger partial charge in [-0.3, -0.25) is 14.5 Å². The molecule has 5 heteroatoms. The summed E-state index contributed by atoms with van der Waals surface area (Å²) in [4.78, 5) is 27.5. The molecule has 0 spiro atoms. The first-order chi connectivity index (χ1) is 10.7. The van der Waals surface area contributed by atoms with Gasteiger partial charge in [0.1, 0.15) is 0 Å². The molecule has 1 unspecified atom stereocenters. The summed E-state index contributed by atoms with van der Waals surface area (Å²) in [5.41, 5.74) is 1.24. The molecule has 0 aromatic heterocycles. The average Bonchev–Trinajstić information content (AvgIpc) is 2.94. The van der Waals surface area contributed by atoms with Crippen LogP contribution < -0.4 is 5.32 Å². The van der Waals surface area contributed by atoms with Crippen molar-refractivity contribution in [2.75, 3.05) is 32.7 Å². The van der Waals surface area contributed by atoms with Gasteiger partial charge >= 0.3 is 0 Å². The van der Waals surface area contributed by atoms with E-state index in [4.69, 9.17) is 0 Å². The first kappa shape index (κ1) is 15.0. The van der Waals surface area contributed by atoms with E-state index in [2.05, 4.69) is 22.3 Å². The number of likely N-dealkylation sites (tertiary alicyclic amines) is 1. The van der Waals surface area contributed by atoms with Crippen LogP contribution in [-0.2, 0) is 9.59 Å². The van der Waals surface area contributed by atoms with E-state index >= 15 is 0 Å². The fourth-order valence-corrected chi connectivity index (χ4v) is 3.33. The third kappa shape index (κ3) is 3.47. The molecule has 1 aromatic rings. The molecule has 5 nitrogen and oxygen atoms in total. The third-order valence-corrected chi connectivity index (χ3v) is 4.51. The number of carbonyl (C=O) groups excluding carboxylic acids is 2. The minimum Gasteiger partial charge on any atom is -0.353 e. The van der Waals surface area contributed by atoms with Gasteiger partial charge in [-0.1, -0.05) is 30.3 Å². The first-order valence-electron chi connectivity index (χ1n) is 8.07. The Balaban J connectivity index is 1.58. The van der Waals surface area contributed by atoms with Crippen molar-refractivity contribution in [3.8, 4) is 0 Å². The quantitative estimate of drug-likeness (QED) is 0.888. The lowest BCUT2D eigenvalue weighted by Gasteiger charge is -2.36. The van der Waals surface area contributed by atoms with Gasteiger partial charge < -0.3 is 10.2 Å². The Labute approximate surface area is 131 Å². The molecular weight excluding hydrogens is 278 g/mol. The number of piperazine rings is 1. The Kier molecular flexibility index (Phi) is 4.73. The smallest absolute Gasteiger partial charge is 0.234 e. The lowest BCUT2D eigenvalue weighted by Crippen LogP contribution is -2.50. The van der Waals surface area contributed by atoms with Crippen LogP contribution in [-0.4, -0.2) is 54.3 Å². The van der Waals surface area contributed by atoms with E-state index in [1.54, 1.807) is 0 Å². The largest absolute Gasteiger partial charge is 0.353 e. The van der Waals surface area contributed by atoms with Crippen molar-refractivity contribution in [1.82, 2.24) is 15.1 Å². The van der Waals surface area contributed by atoms with Crippen molar-refractivity contribution >= 4 is 11.8 Å². The molecule has 0 saturated carbocycles. The maximum absolute atomic E-state index is 11.7. The van der Waals surface area contributed by atoms with Gasteiger partial charge in [0, 0.05) is 32.6 Å². The zero-order chi connectivity index (χ0) is 15.4. The lowest BCUT2D eigenvalue weighted by molar-refractivity contribution is -0.128. The van der Waals surface area contributed by atoms with Gasteiger partial charge in [-0.05, 0) is 18.4 Å². The highest BCUT2D eigenvalue weighted by molar-refractivity contribution is 5.79. The van der Waals surface area contributed by atoms with Crippen LogP contribution in [0.25, 0.3) is 0 Å². The summed E-state index contributed by atoms with van der Waals surface area (Å²) in [5, 5.41) is 2.95. The second kappa shape index (κ2) is 6.92. The van der Waals surface area contributed by atoms with Crippen molar-refractivity contribution in [3.05, 3.63) is 35.9 Å². The normalized spacial score (nSPS) is 22.9. The number of hydrogen-bond acceptors (Lipinski definition) is 3. The van der Waals surface area contributed by atoms with Crippen LogP contribution >= 0.6 is 0 Å². The molecule has 2 amide bonds. The predicted molar refractivity (Wildman–Crippen MR) is 84.2 cm³/mol. The summed E-state index contributed by atoms with van der Waals surface area (Å²) < 4.78 is 0. The number of amides is 2. The number of carbonyl (C=O) groups is 2. The van der Waals surface area contributed by atoms with Crippen LogP contribution in [0.5, 0.6) is 0 Å². The highest BCUT2D eigenvalue weighted by Gasteiger charge is 2.27. The van der Waals surface area contributed by atoms with E-state index in [9.17, 15) is 9.59 Å². The van der Waals surface area contributed by atoms with Crippen LogP contribution in [0.4, 0.5) is 0 Å². The number of benzene rings is 1. The second-order valence-electron chi connectivity index (χ2n) is 6.04. The highest BCUT2D eigenvalue weighted by atomic mass is 16.2. The molecular formula is C17H23N3O2. The Bertz CT molecular complexity index is 532. The van der Waals surface area contributed by atoms with Crippen LogP contribution in [0, 0.1) is 0 Å². The zero-order valence-corrected chi connectivity index (χ0v) is 12.8. The van der Waals surface area contributed by atoms with E-state index in [0.29, 0.717) is 19.5 Å². The fourth-order valence-electron chi connectivity index (χ4n) is 3.33. The van der Waals surface area contributed by atoms with Crippen molar-refractivity contribution < 1.29 is 9.59 Å². The summed E-state index contributed by atoms with van der Waals surface area (Å²) in [7, 11) is 0. The maximum Gasteiger partial charge on any atom is 0.234 e. The molecule has 1 aromatic carbocycles. The first-order valence-corrected chi connectivity index (χ1v) is 8.07. The SMILES string of the molecule is O=C1CN(CCCN2CCCC2=O)C(c2ccccc2)CN1. The van der Waals surface area contributed by atoms with Gasteiger partial charge in [0.25, 0.3) is 0 Å². The fraction of sp³-hybridized carbons (Fsp3) is 0.529. The van der Waals surface area contributed by atoms with E-state index < -0.39 is 0 Å². The summed E-state index contributed by atoms with van der Waals surface area (Å²) >= 11 is 0. The van der Waals surface area contributed by atoms with Gasteiger partial charge in [-0.25, -0.2) is 0 Å². The number of rotatable bonds is 5. The van der Waals surface area contributed by atoms with Gasteiger partial charge in [0.2, 0.25) is 11.8 Å². The molecule has 22 heavy (non-hydrogen) atoms. The Morgan fingerprint density at radius 3 is 2.68 bits per heavy atom. The molecule has 0 aliphatic carbocycles. The molecule has 2 heterocycles. The molecule has 2 aliphatic heterocycles. The van der Waals surface area contributed by atoms with E-state index in [0.717, 1.165) is 32.5 Å². The topological polar surface area (TPSA) is 52.7 Å². The van der Waals surface area contributed by atoms with Gasteiger partial charge in [-0.15, -0.1) is 0 Å². The monoisotopic (exact) mass is 301 g/mol. The molecule has 2 saturated heterocycles. The van der Waals surface area contributed by atoms with Gasteiger partial charge in [-0.2, -0.15) is 0 Å². The minimum atomic E-state index is 0.0874. The van der Waals surface area contributed by atoms with Gasteiger partial charge in [0.15, 0.2) is 0 Å². The molecule has 1 atom stereocenters. The van der Waals surface area contributed by atoms with E-state index in [1.807, 2.05) is 23.1 Å². The molecule has 2 fully saturated rings. The van der Waals surface area contributed by atoms with Crippen molar-refractivity contribution in [3.63, 3.8) is 0 Å². The molecule has 118 valence electrons. The van der Waals surface area contributed by atoms with Crippen LogP contribution in [0.15, 0.2) is 30.3 Å². The van der Waals surface area contributed by atoms with Crippen molar-refractivity contribution in [2.24, 2.45) is 0 Å². The maximum atomic E-state index is 11.7. The number of hydrogen-bond donors (Lipinski definition) is 1. The summed E-state index contributed by atoms with van der Waals surface area (Å²) in [6, 6.07) is 10.5. The molecule has 0 radical (unpaired) electrons. The van der Waals surface area contributed by atoms with Crippen molar-refractivity contribution in [2.45, 2.75) is 25.3 Å². The average molecular weight is 301 g/mol. The van der Waals surface area contributed by atoms with Crippen molar-refractivity contribution in [1.29, 1.82) is 0 Å². The molecule has 0 bridgehead atoms.